The molecule has 0 unspecified atom stereocenters. The maximum absolute atomic E-state index is 12.8. The largest absolute Gasteiger partial charge is 0.497 e. The quantitative estimate of drug-likeness (QED) is 0.617. The first-order chi connectivity index (χ1) is 14.4. The minimum absolute atomic E-state index is 0.0533. The Bertz CT molecular complexity index is 1160. The summed E-state index contributed by atoms with van der Waals surface area (Å²) in [5.74, 6) is 0.630. The number of carbonyl (C=O) groups excluding carboxylic acids is 1. The van der Waals surface area contributed by atoms with E-state index in [1.807, 2.05) is 12.1 Å². The SMILES string of the molecule is CCS(=O)(=O)c1ccc(OC)c(C(=O)Nc2cc(-c3ccc(OC)cc3)ncn2)c1. The van der Waals surface area contributed by atoms with E-state index in [1.165, 1.54) is 31.6 Å². The summed E-state index contributed by atoms with van der Waals surface area (Å²) >= 11 is 0. The Kier molecular flexibility index (Phi) is 6.31. The van der Waals surface area contributed by atoms with Gasteiger partial charge in [0.1, 0.15) is 23.6 Å². The first-order valence-corrected chi connectivity index (χ1v) is 10.7. The normalized spacial score (nSPS) is 11.0. The van der Waals surface area contributed by atoms with Gasteiger partial charge < -0.3 is 14.8 Å². The van der Waals surface area contributed by atoms with Crippen molar-refractivity contribution in [3.8, 4) is 22.8 Å². The topological polar surface area (TPSA) is 107 Å². The molecule has 0 spiro atoms. The highest BCUT2D eigenvalue weighted by Crippen LogP contribution is 2.25. The fraction of sp³-hybridized carbons (Fsp3) is 0.190. The molecule has 1 N–H and O–H groups in total. The van der Waals surface area contributed by atoms with Gasteiger partial charge >= 0.3 is 0 Å². The third-order valence-corrected chi connectivity index (χ3v) is 6.18. The van der Waals surface area contributed by atoms with Crippen LogP contribution in [0.25, 0.3) is 11.3 Å². The second kappa shape index (κ2) is 8.91. The van der Waals surface area contributed by atoms with Gasteiger partial charge in [-0.1, -0.05) is 6.92 Å². The molecule has 0 aliphatic rings. The summed E-state index contributed by atoms with van der Waals surface area (Å²) in [4.78, 5) is 21.2. The van der Waals surface area contributed by atoms with Gasteiger partial charge in [-0.25, -0.2) is 18.4 Å². The lowest BCUT2D eigenvalue weighted by Gasteiger charge is -2.11. The summed E-state index contributed by atoms with van der Waals surface area (Å²) in [5, 5.41) is 2.67. The Hall–Kier alpha value is -3.46. The molecule has 9 heteroatoms. The van der Waals surface area contributed by atoms with Crippen molar-refractivity contribution in [2.45, 2.75) is 11.8 Å². The number of nitrogens with one attached hydrogen (secondary N) is 1. The van der Waals surface area contributed by atoms with E-state index in [1.54, 1.807) is 32.2 Å². The van der Waals surface area contributed by atoms with Gasteiger partial charge in [-0.05, 0) is 42.5 Å². The minimum Gasteiger partial charge on any atom is -0.497 e. The van der Waals surface area contributed by atoms with E-state index in [-0.39, 0.29) is 27.8 Å². The highest BCUT2D eigenvalue weighted by molar-refractivity contribution is 7.91. The first-order valence-electron chi connectivity index (χ1n) is 9.06. The molecular weight excluding hydrogens is 406 g/mol. The van der Waals surface area contributed by atoms with Crippen molar-refractivity contribution >= 4 is 21.6 Å². The third kappa shape index (κ3) is 4.57. The van der Waals surface area contributed by atoms with Crippen molar-refractivity contribution in [1.29, 1.82) is 0 Å². The number of rotatable bonds is 7. The predicted octanol–water partition coefficient (Wildman–Crippen LogP) is 3.21. The van der Waals surface area contributed by atoms with Gasteiger partial charge in [-0.2, -0.15) is 0 Å². The molecule has 0 bridgehead atoms. The van der Waals surface area contributed by atoms with E-state index in [0.29, 0.717) is 5.69 Å². The van der Waals surface area contributed by atoms with Gasteiger partial charge in [0, 0.05) is 11.6 Å². The van der Waals surface area contributed by atoms with Crippen molar-refractivity contribution in [3.05, 3.63) is 60.4 Å². The van der Waals surface area contributed by atoms with Gasteiger partial charge in [0.2, 0.25) is 0 Å². The first kappa shape index (κ1) is 21.3. The number of nitrogens with zero attached hydrogens (tertiary/aromatic N) is 2. The lowest BCUT2D eigenvalue weighted by molar-refractivity contribution is 0.102. The number of methoxy groups -OCH3 is 2. The van der Waals surface area contributed by atoms with Crippen LogP contribution in [-0.2, 0) is 9.84 Å². The fourth-order valence-electron chi connectivity index (χ4n) is 2.75. The van der Waals surface area contributed by atoms with E-state index in [9.17, 15) is 13.2 Å². The summed E-state index contributed by atoms with van der Waals surface area (Å²) in [7, 11) is -0.477. The van der Waals surface area contributed by atoms with Crippen LogP contribution in [0.15, 0.2) is 59.8 Å². The van der Waals surface area contributed by atoms with Gasteiger partial charge in [-0.3, -0.25) is 4.79 Å². The number of aromatic nitrogens is 2. The zero-order valence-electron chi connectivity index (χ0n) is 16.7. The number of sulfone groups is 1. The molecule has 8 nitrogen and oxygen atoms in total. The zero-order chi connectivity index (χ0) is 21.7. The fourth-order valence-corrected chi connectivity index (χ4v) is 3.66. The molecule has 0 saturated heterocycles. The van der Waals surface area contributed by atoms with Crippen LogP contribution >= 0.6 is 0 Å². The number of benzene rings is 2. The number of hydrogen-bond donors (Lipinski definition) is 1. The van der Waals surface area contributed by atoms with E-state index in [2.05, 4.69) is 15.3 Å². The van der Waals surface area contributed by atoms with Crippen molar-refractivity contribution in [1.82, 2.24) is 9.97 Å². The Labute approximate surface area is 174 Å². The molecule has 2 aromatic carbocycles. The molecule has 1 aromatic heterocycles. The average Bonchev–Trinajstić information content (AvgIpc) is 2.78. The number of hydrogen-bond acceptors (Lipinski definition) is 7. The lowest BCUT2D eigenvalue weighted by Crippen LogP contribution is -2.15. The maximum Gasteiger partial charge on any atom is 0.260 e. The van der Waals surface area contributed by atoms with Gasteiger partial charge in [0.05, 0.1) is 36.1 Å². The molecule has 30 heavy (non-hydrogen) atoms. The number of anilines is 1. The van der Waals surface area contributed by atoms with E-state index in [4.69, 9.17) is 9.47 Å². The highest BCUT2D eigenvalue weighted by Gasteiger charge is 2.19. The Morgan fingerprint density at radius 2 is 1.73 bits per heavy atom. The van der Waals surface area contributed by atoms with Crippen LogP contribution in [-0.4, -0.2) is 44.3 Å². The average molecular weight is 427 g/mol. The third-order valence-electron chi connectivity index (χ3n) is 4.45. The van der Waals surface area contributed by atoms with E-state index >= 15 is 0 Å². The lowest BCUT2D eigenvalue weighted by atomic mass is 10.1. The standard InChI is InChI=1S/C21H21N3O5S/c1-4-30(26,27)16-9-10-19(29-3)17(11-16)21(25)24-20-12-18(22-13-23-20)14-5-7-15(28-2)8-6-14/h5-13H,4H2,1-3H3,(H,22,23,24,25). The van der Waals surface area contributed by atoms with Gasteiger partial charge in [0.25, 0.3) is 5.91 Å². The summed E-state index contributed by atoms with van der Waals surface area (Å²) in [6.45, 7) is 1.54. The van der Waals surface area contributed by atoms with Crippen LogP contribution in [0.2, 0.25) is 0 Å². The number of ether oxygens (including phenoxy) is 2. The number of carbonyl (C=O) groups is 1. The zero-order valence-corrected chi connectivity index (χ0v) is 17.6. The van der Waals surface area contributed by atoms with Crippen LogP contribution in [0, 0.1) is 0 Å². The second-order valence-electron chi connectivity index (χ2n) is 6.24. The second-order valence-corrected chi connectivity index (χ2v) is 8.51. The van der Waals surface area contributed by atoms with E-state index < -0.39 is 15.7 Å². The van der Waals surface area contributed by atoms with Crippen LogP contribution in [0.4, 0.5) is 5.82 Å². The van der Waals surface area contributed by atoms with E-state index in [0.717, 1.165) is 11.3 Å². The van der Waals surface area contributed by atoms with Crippen LogP contribution in [0.3, 0.4) is 0 Å². The molecular formula is C21H21N3O5S. The predicted molar refractivity (Wildman–Crippen MR) is 113 cm³/mol. The monoisotopic (exact) mass is 427 g/mol. The van der Waals surface area contributed by atoms with Crippen molar-refractivity contribution in [2.75, 3.05) is 25.3 Å². The van der Waals surface area contributed by atoms with Crippen molar-refractivity contribution in [3.63, 3.8) is 0 Å². The summed E-state index contributed by atoms with van der Waals surface area (Å²) < 4.78 is 34.7. The molecule has 0 aliphatic carbocycles. The smallest absolute Gasteiger partial charge is 0.260 e. The molecule has 1 amide bonds. The molecule has 1 heterocycles. The van der Waals surface area contributed by atoms with Crippen LogP contribution in [0.5, 0.6) is 11.5 Å². The Balaban J connectivity index is 1.90. The van der Waals surface area contributed by atoms with Crippen molar-refractivity contribution < 1.29 is 22.7 Å². The Morgan fingerprint density at radius 3 is 2.37 bits per heavy atom. The highest BCUT2D eigenvalue weighted by atomic mass is 32.2. The van der Waals surface area contributed by atoms with Crippen LogP contribution in [0.1, 0.15) is 17.3 Å². The molecule has 0 atom stereocenters. The molecule has 156 valence electrons. The minimum atomic E-state index is -3.47. The summed E-state index contributed by atoms with van der Waals surface area (Å²) in [6, 6.07) is 13.1. The molecule has 3 aromatic rings. The maximum atomic E-state index is 12.8. The van der Waals surface area contributed by atoms with Gasteiger partial charge in [0.15, 0.2) is 9.84 Å². The van der Waals surface area contributed by atoms with Crippen molar-refractivity contribution in [2.24, 2.45) is 0 Å². The summed E-state index contributed by atoms with van der Waals surface area (Å²) in [5.41, 5.74) is 1.52. The Morgan fingerprint density at radius 1 is 1.00 bits per heavy atom. The molecule has 0 fully saturated rings. The summed E-state index contributed by atoms with van der Waals surface area (Å²) in [6.07, 6.45) is 1.34. The number of amides is 1. The molecule has 3 rings (SSSR count). The molecule has 0 saturated carbocycles. The van der Waals surface area contributed by atoms with Gasteiger partial charge in [-0.15, -0.1) is 0 Å². The molecule has 0 radical (unpaired) electrons. The molecule has 0 aliphatic heterocycles. The van der Waals surface area contributed by atoms with Crippen LogP contribution < -0.4 is 14.8 Å².